The fourth-order valence-electron chi connectivity index (χ4n) is 5.03. The summed E-state index contributed by atoms with van der Waals surface area (Å²) < 4.78 is 26.6. The van der Waals surface area contributed by atoms with Gasteiger partial charge in [0.05, 0.1) is 5.41 Å². The van der Waals surface area contributed by atoms with Gasteiger partial charge in [-0.25, -0.2) is 8.78 Å². The van der Waals surface area contributed by atoms with Crippen molar-refractivity contribution in [2.24, 2.45) is 11.3 Å². The summed E-state index contributed by atoms with van der Waals surface area (Å²) in [4.78, 5) is 29.6. The molecule has 0 radical (unpaired) electrons. The molecule has 4 rings (SSSR count). The lowest BCUT2D eigenvalue weighted by molar-refractivity contribution is -0.147. The van der Waals surface area contributed by atoms with Crippen molar-refractivity contribution in [2.45, 2.75) is 51.5 Å². The van der Waals surface area contributed by atoms with Crippen LogP contribution in [0.3, 0.4) is 0 Å². The average Bonchev–Trinajstić information content (AvgIpc) is 3.33. The Morgan fingerprint density at radius 1 is 1.07 bits per heavy atom. The minimum atomic E-state index is -0.888. The smallest absolute Gasteiger partial charge is 0.230 e. The highest BCUT2D eigenvalue weighted by molar-refractivity contribution is 5.86. The largest absolute Gasteiger partial charge is 0.341 e. The van der Waals surface area contributed by atoms with E-state index in [4.69, 9.17) is 0 Å². The first-order valence-electron chi connectivity index (χ1n) is 10.0. The molecule has 1 aliphatic carbocycles. The summed E-state index contributed by atoms with van der Waals surface area (Å²) in [6.45, 7) is 2.07. The van der Waals surface area contributed by atoms with Gasteiger partial charge in [-0.15, -0.1) is 0 Å². The fraction of sp³-hybridized carbons (Fsp3) is 0.619. The number of carbonyl (C=O) groups excluding carboxylic acids is 2. The van der Waals surface area contributed by atoms with Crippen LogP contribution < -0.4 is 0 Å². The molecule has 27 heavy (non-hydrogen) atoms. The van der Waals surface area contributed by atoms with E-state index < -0.39 is 17.0 Å². The van der Waals surface area contributed by atoms with Crippen molar-refractivity contribution in [3.63, 3.8) is 0 Å². The zero-order chi connectivity index (χ0) is 19.0. The summed E-state index contributed by atoms with van der Waals surface area (Å²) in [5.41, 5.74) is 0.0987. The molecule has 1 saturated carbocycles. The van der Waals surface area contributed by atoms with Crippen molar-refractivity contribution in [1.29, 1.82) is 0 Å². The number of carbonyl (C=O) groups is 2. The van der Waals surface area contributed by atoms with E-state index in [0.29, 0.717) is 31.6 Å². The van der Waals surface area contributed by atoms with Crippen LogP contribution in [0.1, 0.15) is 50.5 Å². The van der Waals surface area contributed by atoms with E-state index in [0.717, 1.165) is 50.7 Å². The summed E-state index contributed by atoms with van der Waals surface area (Å²) in [7, 11) is 0. The number of likely N-dealkylation sites (tertiary alicyclic amines) is 2. The van der Waals surface area contributed by atoms with Crippen LogP contribution in [0.2, 0.25) is 0 Å². The van der Waals surface area contributed by atoms with Gasteiger partial charge in [0.1, 0.15) is 0 Å². The molecule has 0 aromatic heterocycles. The minimum absolute atomic E-state index is 0.0557. The fourth-order valence-corrected chi connectivity index (χ4v) is 5.03. The molecule has 6 heteroatoms. The van der Waals surface area contributed by atoms with E-state index in [2.05, 4.69) is 0 Å². The van der Waals surface area contributed by atoms with Crippen LogP contribution in [-0.2, 0) is 16.1 Å². The number of nitrogens with zero attached hydrogens (tertiary/aromatic N) is 2. The molecule has 3 aliphatic rings. The quantitative estimate of drug-likeness (QED) is 0.810. The lowest BCUT2D eigenvalue weighted by atomic mass is 9.78. The molecule has 146 valence electrons. The Labute approximate surface area is 158 Å². The second-order valence-electron chi connectivity index (χ2n) is 8.35. The van der Waals surface area contributed by atoms with E-state index in [1.165, 1.54) is 6.07 Å². The van der Waals surface area contributed by atoms with Crippen molar-refractivity contribution in [1.82, 2.24) is 9.80 Å². The number of hydrogen-bond acceptors (Lipinski definition) is 2. The maximum atomic E-state index is 13.5. The maximum absolute atomic E-state index is 13.5. The predicted molar refractivity (Wildman–Crippen MR) is 96.6 cm³/mol. The van der Waals surface area contributed by atoms with Crippen molar-refractivity contribution in [3.05, 3.63) is 35.4 Å². The molecular formula is C21H26F2N2O2. The van der Waals surface area contributed by atoms with Gasteiger partial charge in [-0.2, -0.15) is 0 Å². The predicted octanol–water partition coefficient (Wildman–Crippen LogP) is 3.50. The highest BCUT2D eigenvalue weighted by atomic mass is 19.2. The topological polar surface area (TPSA) is 40.6 Å². The zero-order valence-electron chi connectivity index (χ0n) is 15.6. The molecule has 2 heterocycles. The number of halogens is 2. The first-order valence-corrected chi connectivity index (χ1v) is 10.0. The van der Waals surface area contributed by atoms with Gasteiger partial charge < -0.3 is 9.80 Å². The van der Waals surface area contributed by atoms with Crippen LogP contribution in [-0.4, -0.2) is 41.2 Å². The first-order chi connectivity index (χ1) is 13.0. The number of piperidine rings is 1. The molecule has 1 aromatic carbocycles. The van der Waals surface area contributed by atoms with Gasteiger partial charge in [-0.1, -0.05) is 18.9 Å². The molecule has 2 amide bonds. The molecule has 0 unspecified atom stereocenters. The van der Waals surface area contributed by atoms with Crippen LogP contribution in [0, 0.1) is 23.0 Å². The number of benzene rings is 1. The summed E-state index contributed by atoms with van der Waals surface area (Å²) in [6, 6.07) is 3.79. The van der Waals surface area contributed by atoms with E-state index in [1.807, 2.05) is 4.90 Å². The molecule has 0 bridgehead atoms. The van der Waals surface area contributed by atoms with Gasteiger partial charge >= 0.3 is 0 Å². The van der Waals surface area contributed by atoms with Gasteiger partial charge in [0.25, 0.3) is 0 Å². The lowest BCUT2D eigenvalue weighted by Gasteiger charge is -2.39. The minimum Gasteiger partial charge on any atom is -0.341 e. The summed E-state index contributed by atoms with van der Waals surface area (Å²) in [5.74, 6) is -1.36. The normalized spacial score (nSPS) is 26.4. The standard InChI is InChI=1S/C21H26F2N2O2/c22-17-7-6-15(12-18(17)23)13-24-10-3-8-21(20(24)27)9-11-25(14-21)19(26)16-4-1-2-5-16/h6-7,12,16H,1-5,8-11,13-14H2/t21-/m0/s1. The molecule has 4 nitrogen and oxygen atoms in total. The molecule has 1 aromatic rings. The average molecular weight is 376 g/mol. The van der Waals surface area contributed by atoms with Crippen molar-refractivity contribution < 1.29 is 18.4 Å². The highest BCUT2D eigenvalue weighted by Gasteiger charge is 2.50. The van der Waals surface area contributed by atoms with Crippen LogP contribution in [0.5, 0.6) is 0 Å². The second-order valence-corrected chi connectivity index (χ2v) is 8.35. The lowest BCUT2D eigenvalue weighted by Crippen LogP contribution is -2.50. The Morgan fingerprint density at radius 2 is 1.85 bits per heavy atom. The summed E-state index contributed by atoms with van der Waals surface area (Å²) >= 11 is 0. The Hall–Kier alpha value is -1.98. The molecule has 1 spiro atoms. The summed E-state index contributed by atoms with van der Waals surface area (Å²) in [5, 5.41) is 0. The maximum Gasteiger partial charge on any atom is 0.230 e. The first kappa shape index (κ1) is 18.4. The third-order valence-electron chi connectivity index (χ3n) is 6.55. The van der Waals surface area contributed by atoms with Gasteiger partial charge in [0.2, 0.25) is 11.8 Å². The molecule has 3 fully saturated rings. The third-order valence-corrected chi connectivity index (χ3v) is 6.55. The van der Waals surface area contributed by atoms with Gasteiger partial charge in [-0.3, -0.25) is 9.59 Å². The number of rotatable bonds is 3. The van der Waals surface area contributed by atoms with Crippen LogP contribution in [0.15, 0.2) is 18.2 Å². The van der Waals surface area contributed by atoms with Crippen molar-refractivity contribution >= 4 is 11.8 Å². The Balaban J connectivity index is 1.45. The Morgan fingerprint density at radius 3 is 2.59 bits per heavy atom. The zero-order valence-corrected chi connectivity index (χ0v) is 15.6. The SMILES string of the molecule is O=C(C1CCCC1)N1CC[C@@]2(CCCN(Cc3ccc(F)c(F)c3)C2=O)C1. The monoisotopic (exact) mass is 376 g/mol. The third kappa shape index (κ3) is 3.46. The molecule has 2 aliphatic heterocycles. The molecule has 1 atom stereocenters. The summed E-state index contributed by atoms with van der Waals surface area (Å²) in [6.07, 6.45) is 6.57. The van der Waals surface area contributed by atoms with Crippen molar-refractivity contribution in [3.8, 4) is 0 Å². The van der Waals surface area contributed by atoms with E-state index in [1.54, 1.807) is 4.90 Å². The van der Waals surface area contributed by atoms with Gasteiger partial charge in [-0.05, 0) is 49.8 Å². The van der Waals surface area contributed by atoms with Crippen molar-refractivity contribution in [2.75, 3.05) is 19.6 Å². The van der Waals surface area contributed by atoms with Crippen LogP contribution in [0.25, 0.3) is 0 Å². The van der Waals surface area contributed by atoms with Crippen LogP contribution in [0.4, 0.5) is 8.78 Å². The highest BCUT2D eigenvalue weighted by Crippen LogP contribution is 2.41. The number of hydrogen-bond donors (Lipinski definition) is 0. The van der Waals surface area contributed by atoms with Gasteiger partial charge in [0, 0.05) is 32.1 Å². The molecular weight excluding hydrogens is 350 g/mol. The Kier molecular flexibility index (Phi) is 4.91. The second kappa shape index (κ2) is 7.21. The van der Waals surface area contributed by atoms with E-state index >= 15 is 0 Å². The molecule has 0 N–H and O–H groups in total. The van der Waals surface area contributed by atoms with Gasteiger partial charge in [0.15, 0.2) is 11.6 Å². The number of amides is 2. The van der Waals surface area contributed by atoms with E-state index in [-0.39, 0.29) is 24.3 Å². The Bertz CT molecular complexity index is 748. The molecule has 2 saturated heterocycles. The van der Waals surface area contributed by atoms with Crippen LogP contribution >= 0.6 is 0 Å². The van der Waals surface area contributed by atoms with E-state index in [9.17, 15) is 18.4 Å².